The SMILES string of the molecule is CC(C)OC(=O)C(C)COc1ccc(C(O)c2ccc(Cl)cc2)cc1. The third kappa shape index (κ3) is 5.76. The Morgan fingerprint density at radius 1 is 1.00 bits per heavy atom. The minimum Gasteiger partial charge on any atom is -0.493 e. The lowest BCUT2D eigenvalue weighted by Gasteiger charge is -2.15. The molecule has 0 heterocycles. The summed E-state index contributed by atoms with van der Waals surface area (Å²) in [6, 6.07) is 14.2. The van der Waals surface area contributed by atoms with Crippen molar-refractivity contribution in [2.45, 2.75) is 33.0 Å². The number of aliphatic hydroxyl groups is 1. The summed E-state index contributed by atoms with van der Waals surface area (Å²) in [5, 5.41) is 11.0. The van der Waals surface area contributed by atoms with Gasteiger partial charge in [0, 0.05) is 5.02 Å². The number of hydrogen-bond donors (Lipinski definition) is 1. The van der Waals surface area contributed by atoms with Gasteiger partial charge in [-0.25, -0.2) is 0 Å². The Morgan fingerprint density at radius 3 is 2.04 bits per heavy atom. The molecule has 0 saturated carbocycles. The highest BCUT2D eigenvalue weighted by Crippen LogP contribution is 2.25. The summed E-state index contributed by atoms with van der Waals surface area (Å²) in [7, 11) is 0. The Hall–Kier alpha value is -2.04. The van der Waals surface area contributed by atoms with Gasteiger partial charge in [-0.15, -0.1) is 0 Å². The lowest BCUT2D eigenvalue weighted by atomic mass is 10.0. The topological polar surface area (TPSA) is 55.8 Å². The van der Waals surface area contributed by atoms with Crippen molar-refractivity contribution in [1.82, 2.24) is 0 Å². The maximum Gasteiger partial charge on any atom is 0.312 e. The Kier molecular flexibility index (Phi) is 6.85. The fourth-order valence-corrected chi connectivity index (χ4v) is 2.35. The normalized spacial score (nSPS) is 13.4. The van der Waals surface area contributed by atoms with Crippen LogP contribution in [-0.4, -0.2) is 23.8 Å². The zero-order valence-corrected chi connectivity index (χ0v) is 15.4. The molecule has 0 aromatic heterocycles. The van der Waals surface area contributed by atoms with E-state index >= 15 is 0 Å². The van der Waals surface area contributed by atoms with E-state index in [1.807, 2.05) is 13.8 Å². The predicted molar refractivity (Wildman–Crippen MR) is 97.8 cm³/mol. The highest BCUT2D eigenvalue weighted by Gasteiger charge is 2.17. The second-order valence-electron chi connectivity index (χ2n) is 6.22. The molecule has 5 heteroatoms. The molecular formula is C20H23ClO4. The van der Waals surface area contributed by atoms with Gasteiger partial charge in [-0.05, 0) is 56.2 Å². The zero-order valence-electron chi connectivity index (χ0n) is 14.6. The van der Waals surface area contributed by atoms with Crippen LogP contribution in [0.3, 0.4) is 0 Å². The highest BCUT2D eigenvalue weighted by molar-refractivity contribution is 6.30. The first-order valence-corrected chi connectivity index (χ1v) is 8.61. The highest BCUT2D eigenvalue weighted by atomic mass is 35.5. The Morgan fingerprint density at radius 2 is 1.52 bits per heavy atom. The molecule has 0 aliphatic heterocycles. The molecule has 2 rings (SSSR count). The molecule has 0 radical (unpaired) electrons. The van der Waals surface area contributed by atoms with E-state index in [9.17, 15) is 9.90 Å². The summed E-state index contributed by atoms with van der Waals surface area (Å²) >= 11 is 5.86. The number of esters is 1. The molecule has 2 aromatic carbocycles. The van der Waals surface area contributed by atoms with Gasteiger partial charge in [-0.1, -0.05) is 35.9 Å². The second-order valence-corrected chi connectivity index (χ2v) is 6.66. The first-order chi connectivity index (χ1) is 11.9. The molecule has 1 N–H and O–H groups in total. The third-order valence-corrected chi connectivity index (χ3v) is 3.89. The average Bonchev–Trinajstić information content (AvgIpc) is 2.59. The predicted octanol–water partition coefficient (Wildman–Crippen LogP) is 4.39. The third-order valence-electron chi connectivity index (χ3n) is 3.64. The lowest BCUT2D eigenvalue weighted by molar-refractivity contribution is -0.152. The van der Waals surface area contributed by atoms with Crippen LogP contribution in [0.25, 0.3) is 0 Å². The fourth-order valence-electron chi connectivity index (χ4n) is 2.22. The first kappa shape index (κ1) is 19.3. The van der Waals surface area contributed by atoms with Crippen LogP contribution in [0.1, 0.15) is 38.0 Å². The summed E-state index contributed by atoms with van der Waals surface area (Å²) < 4.78 is 10.8. The van der Waals surface area contributed by atoms with Crippen LogP contribution >= 0.6 is 11.6 Å². The minimum absolute atomic E-state index is 0.136. The van der Waals surface area contributed by atoms with E-state index in [1.54, 1.807) is 55.5 Å². The van der Waals surface area contributed by atoms with E-state index < -0.39 is 6.10 Å². The first-order valence-electron chi connectivity index (χ1n) is 8.23. The van der Waals surface area contributed by atoms with Crippen molar-refractivity contribution in [1.29, 1.82) is 0 Å². The van der Waals surface area contributed by atoms with Crippen LogP contribution in [0.2, 0.25) is 5.02 Å². The lowest BCUT2D eigenvalue weighted by Crippen LogP contribution is -2.23. The molecule has 0 aliphatic carbocycles. The molecule has 0 saturated heterocycles. The van der Waals surface area contributed by atoms with Crippen molar-refractivity contribution >= 4 is 17.6 Å². The number of hydrogen-bond acceptors (Lipinski definition) is 4. The smallest absolute Gasteiger partial charge is 0.312 e. The monoisotopic (exact) mass is 362 g/mol. The molecule has 2 atom stereocenters. The van der Waals surface area contributed by atoms with Crippen molar-refractivity contribution in [3.8, 4) is 5.75 Å². The van der Waals surface area contributed by atoms with E-state index in [2.05, 4.69) is 0 Å². The Labute approximate surface area is 153 Å². The van der Waals surface area contributed by atoms with Gasteiger partial charge in [0.25, 0.3) is 0 Å². The number of benzene rings is 2. The van der Waals surface area contributed by atoms with Gasteiger partial charge in [-0.3, -0.25) is 4.79 Å². The Balaban J connectivity index is 1.93. The molecule has 0 amide bonds. The van der Waals surface area contributed by atoms with Crippen molar-refractivity contribution in [2.24, 2.45) is 5.92 Å². The molecule has 2 unspecified atom stereocenters. The zero-order chi connectivity index (χ0) is 18.4. The van der Waals surface area contributed by atoms with Gasteiger partial charge in [-0.2, -0.15) is 0 Å². The molecular weight excluding hydrogens is 340 g/mol. The molecule has 25 heavy (non-hydrogen) atoms. The largest absolute Gasteiger partial charge is 0.493 e. The van der Waals surface area contributed by atoms with Gasteiger partial charge in [0.2, 0.25) is 0 Å². The summed E-state index contributed by atoms with van der Waals surface area (Å²) in [6.45, 7) is 5.64. The second kappa shape index (κ2) is 8.88. The number of carbonyl (C=O) groups excluding carboxylic acids is 1. The van der Waals surface area contributed by atoms with Gasteiger partial charge >= 0.3 is 5.97 Å². The van der Waals surface area contributed by atoms with Crippen LogP contribution in [0.4, 0.5) is 0 Å². The molecule has 0 spiro atoms. The quantitative estimate of drug-likeness (QED) is 0.742. The van der Waals surface area contributed by atoms with Gasteiger partial charge in [0.05, 0.1) is 12.0 Å². The minimum atomic E-state index is -0.730. The molecule has 4 nitrogen and oxygen atoms in total. The van der Waals surface area contributed by atoms with Crippen molar-refractivity contribution in [2.75, 3.05) is 6.61 Å². The number of carbonyl (C=O) groups is 1. The van der Waals surface area contributed by atoms with E-state index in [0.29, 0.717) is 10.8 Å². The van der Waals surface area contributed by atoms with Crippen LogP contribution in [0.15, 0.2) is 48.5 Å². The summed E-state index contributed by atoms with van der Waals surface area (Å²) in [5.74, 6) is 0.0165. The van der Waals surface area contributed by atoms with E-state index in [1.165, 1.54) is 0 Å². The number of aliphatic hydroxyl groups excluding tert-OH is 1. The van der Waals surface area contributed by atoms with E-state index in [-0.39, 0.29) is 24.6 Å². The maximum absolute atomic E-state index is 11.8. The Bertz CT molecular complexity index is 680. The van der Waals surface area contributed by atoms with E-state index in [4.69, 9.17) is 21.1 Å². The summed E-state index contributed by atoms with van der Waals surface area (Å²) in [4.78, 5) is 11.8. The van der Waals surface area contributed by atoms with E-state index in [0.717, 1.165) is 11.1 Å². The van der Waals surface area contributed by atoms with Crippen LogP contribution in [0.5, 0.6) is 5.75 Å². The fraction of sp³-hybridized carbons (Fsp3) is 0.350. The van der Waals surface area contributed by atoms with Crippen molar-refractivity contribution in [3.05, 3.63) is 64.7 Å². The average molecular weight is 363 g/mol. The standard InChI is InChI=1S/C20H23ClO4/c1-13(2)25-20(23)14(3)12-24-18-10-6-16(7-11-18)19(22)15-4-8-17(21)9-5-15/h4-11,13-14,19,22H,12H2,1-3H3. The van der Waals surface area contributed by atoms with Crippen LogP contribution < -0.4 is 4.74 Å². The maximum atomic E-state index is 11.8. The van der Waals surface area contributed by atoms with Gasteiger partial charge in [0.15, 0.2) is 0 Å². The number of halogens is 1. The van der Waals surface area contributed by atoms with Gasteiger partial charge < -0.3 is 14.6 Å². The molecule has 134 valence electrons. The van der Waals surface area contributed by atoms with Crippen LogP contribution in [-0.2, 0) is 9.53 Å². The molecule has 0 aliphatic rings. The summed E-state index contributed by atoms with van der Waals surface area (Å²) in [5.41, 5.74) is 1.52. The summed E-state index contributed by atoms with van der Waals surface area (Å²) in [6.07, 6.45) is -0.866. The number of rotatable bonds is 7. The van der Waals surface area contributed by atoms with Crippen molar-refractivity contribution in [3.63, 3.8) is 0 Å². The van der Waals surface area contributed by atoms with Crippen molar-refractivity contribution < 1.29 is 19.4 Å². The molecule has 0 bridgehead atoms. The number of ether oxygens (including phenoxy) is 2. The van der Waals surface area contributed by atoms with Gasteiger partial charge in [0.1, 0.15) is 18.5 Å². The molecule has 2 aromatic rings. The molecule has 0 fully saturated rings. The van der Waals surface area contributed by atoms with Crippen LogP contribution in [0, 0.1) is 5.92 Å².